The van der Waals surface area contributed by atoms with Gasteiger partial charge in [0.15, 0.2) is 0 Å². The van der Waals surface area contributed by atoms with Crippen LogP contribution in [0.25, 0.3) is 0 Å². The summed E-state index contributed by atoms with van der Waals surface area (Å²) in [4.78, 5) is 0. The average Bonchev–Trinajstić information content (AvgIpc) is 2.71. The first-order valence-corrected chi connectivity index (χ1v) is 4.44. The molecule has 0 bridgehead atoms. The molecule has 5 nitrogen and oxygen atoms in total. The first kappa shape index (κ1) is 10.5. The monoisotopic (exact) mass is 226 g/mol. The zero-order valence-corrected chi connectivity index (χ0v) is 8.08. The molecule has 0 aliphatic heterocycles. The van der Waals surface area contributed by atoms with Crippen molar-refractivity contribution < 1.29 is 13.2 Å². The van der Waals surface area contributed by atoms with Gasteiger partial charge in [-0.25, -0.2) is 8.78 Å². The maximum Gasteiger partial charge on any atom is 0.320 e. The Kier molecular flexibility index (Phi) is 2.78. The number of hydrogen-bond donors (Lipinski definition) is 2. The summed E-state index contributed by atoms with van der Waals surface area (Å²) in [6.45, 7) is 0.0639. The fourth-order valence-corrected chi connectivity index (χ4v) is 1.11. The zero-order valence-electron chi connectivity index (χ0n) is 8.08. The van der Waals surface area contributed by atoms with Gasteiger partial charge in [-0.1, -0.05) is 11.2 Å². The highest BCUT2D eigenvalue weighted by atomic mass is 19.1. The third-order valence-corrected chi connectivity index (χ3v) is 1.84. The predicted octanol–water partition coefficient (Wildman–Crippen LogP) is 1.55. The van der Waals surface area contributed by atoms with E-state index in [0.717, 1.165) is 12.1 Å². The van der Waals surface area contributed by atoms with Crippen LogP contribution in [0.4, 0.5) is 20.5 Å². The average molecular weight is 226 g/mol. The van der Waals surface area contributed by atoms with Crippen LogP contribution in [-0.4, -0.2) is 10.2 Å². The number of nitrogens with one attached hydrogen (secondary N) is 1. The molecule has 1 aromatic heterocycles. The van der Waals surface area contributed by atoms with Gasteiger partial charge in [0.1, 0.15) is 17.3 Å². The standard InChI is InChI=1S/C9H8F2N4O/c10-5-2-1-3-6(11)8(5)13-9-15-14-7(4-12)16-9/h1-3H,4,12H2,(H,13,15). The lowest BCUT2D eigenvalue weighted by Gasteiger charge is -2.03. The minimum Gasteiger partial charge on any atom is -0.406 e. The molecule has 0 saturated carbocycles. The van der Waals surface area contributed by atoms with Gasteiger partial charge in [-0.15, -0.1) is 5.10 Å². The minimum absolute atomic E-state index is 0.0639. The molecule has 0 fully saturated rings. The van der Waals surface area contributed by atoms with Gasteiger partial charge in [0.25, 0.3) is 0 Å². The number of aromatic nitrogens is 2. The second kappa shape index (κ2) is 4.23. The van der Waals surface area contributed by atoms with Gasteiger partial charge in [-0.05, 0) is 12.1 Å². The number of benzene rings is 1. The highest BCUT2D eigenvalue weighted by Crippen LogP contribution is 2.22. The number of nitrogens with two attached hydrogens (primary N) is 1. The number of rotatable bonds is 3. The van der Waals surface area contributed by atoms with Gasteiger partial charge >= 0.3 is 6.01 Å². The lowest BCUT2D eigenvalue weighted by Crippen LogP contribution is -1.97. The Morgan fingerprint density at radius 2 is 1.94 bits per heavy atom. The van der Waals surface area contributed by atoms with E-state index >= 15 is 0 Å². The zero-order chi connectivity index (χ0) is 11.5. The molecule has 0 amide bonds. The summed E-state index contributed by atoms with van der Waals surface area (Å²) in [6, 6.07) is 3.39. The van der Waals surface area contributed by atoms with Gasteiger partial charge in [0.2, 0.25) is 5.89 Å². The van der Waals surface area contributed by atoms with Crippen molar-refractivity contribution in [3.63, 3.8) is 0 Å². The maximum absolute atomic E-state index is 13.2. The number of halogens is 2. The van der Waals surface area contributed by atoms with Gasteiger partial charge < -0.3 is 15.5 Å². The van der Waals surface area contributed by atoms with E-state index < -0.39 is 11.6 Å². The first-order chi connectivity index (χ1) is 7.70. The molecule has 0 unspecified atom stereocenters. The van der Waals surface area contributed by atoms with Crippen molar-refractivity contribution in [2.24, 2.45) is 5.73 Å². The van der Waals surface area contributed by atoms with E-state index in [1.54, 1.807) is 0 Å². The van der Waals surface area contributed by atoms with Crippen molar-refractivity contribution in [1.82, 2.24) is 10.2 Å². The molecular weight excluding hydrogens is 218 g/mol. The third-order valence-electron chi connectivity index (χ3n) is 1.84. The molecule has 0 spiro atoms. The van der Waals surface area contributed by atoms with Gasteiger partial charge in [-0.2, -0.15) is 0 Å². The molecule has 16 heavy (non-hydrogen) atoms. The smallest absolute Gasteiger partial charge is 0.320 e. The number of hydrogen-bond acceptors (Lipinski definition) is 5. The Labute approximate surface area is 89.3 Å². The lowest BCUT2D eigenvalue weighted by atomic mass is 10.3. The fraction of sp³-hybridized carbons (Fsp3) is 0.111. The van der Waals surface area contributed by atoms with Crippen molar-refractivity contribution in [1.29, 1.82) is 0 Å². The molecule has 1 heterocycles. The van der Waals surface area contributed by atoms with Crippen molar-refractivity contribution in [3.05, 3.63) is 35.7 Å². The molecule has 0 atom stereocenters. The first-order valence-electron chi connectivity index (χ1n) is 4.44. The van der Waals surface area contributed by atoms with E-state index in [1.807, 2.05) is 0 Å². The molecular formula is C9H8F2N4O. The highest BCUT2D eigenvalue weighted by molar-refractivity contribution is 5.53. The summed E-state index contributed by atoms with van der Waals surface area (Å²) < 4.78 is 31.4. The van der Waals surface area contributed by atoms with E-state index in [2.05, 4.69) is 15.5 Å². The highest BCUT2D eigenvalue weighted by Gasteiger charge is 2.11. The van der Waals surface area contributed by atoms with Crippen LogP contribution in [0.15, 0.2) is 22.6 Å². The normalized spacial score (nSPS) is 10.4. The van der Waals surface area contributed by atoms with Crippen LogP contribution < -0.4 is 11.1 Å². The van der Waals surface area contributed by atoms with Crippen LogP contribution in [0.5, 0.6) is 0 Å². The molecule has 84 valence electrons. The van der Waals surface area contributed by atoms with E-state index in [4.69, 9.17) is 10.2 Å². The van der Waals surface area contributed by atoms with Gasteiger partial charge in [0.05, 0.1) is 6.54 Å². The van der Waals surface area contributed by atoms with E-state index in [-0.39, 0.29) is 24.1 Å². The van der Waals surface area contributed by atoms with Crippen molar-refractivity contribution in [2.45, 2.75) is 6.54 Å². The molecule has 2 rings (SSSR count). The topological polar surface area (TPSA) is 77.0 Å². The van der Waals surface area contributed by atoms with Crippen LogP contribution in [0.3, 0.4) is 0 Å². The molecule has 2 aromatic rings. The Bertz CT molecular complexity index is 480. The quantitative estimate of drug-likeness (QED) is 0.830. The summed E-state index contributed by atoms with van der Waals surface area (Å²) in [5.74, 6) is -1.31. The Balaban J connectivity index is 2.26. The molecule has 0 radical (unpaired) electrons. The van der Waals surface area contributed by atoms with Crippen LogP contribution in [0.1, 0.15) is 5.89 Å². The summed E-state index contributed by atoms with van der Waals surface area (Å²) in [7, 11) is 0. The second-order valence-electron chi connectivity index (χ2n) is 2.93. The number of anilines is 2. The Hall–Kier alpha value is -2.02. The van der Waals surface area contributed by atoms with Crippen LogP contribution >= 0.6 is 0 Å². The molecule has 7 heteroatoms. The second-order valence-corrected chi connectivity index (χ2v) is 2.93. The van der Waals surface area contributed by atoms with E-state index in [1.165, 1.54) is 6.07 Å². The number of nitrogens with zero attached hydrogens (tertiary/aromatic N) is 2. The van der Waals surface area contributed by atoms with Crippen LogP contribution in [0.2, 0.25) is 0 Å². The predicted molar refractivity (Wildman–Crippen MR) is 51.8 cm³/mol. The Morgan fingerprint density at radius 1 is 1.25 bits per heavy atom. The SMILES string of the molecule is NCc1nnc(Nc2c(F)cccc2F)o1. The van der Waals surface area contributed by atoms with Crippen LogP contribution in [-0.2, 0) is 6.54 Å². The molecule has 0 aliphatic carbocycles. The van der Waals surface area contributed by atoms with E-state index in [0.29, 0.717) is 0 Å². The molecule has 3 N–H and O–H groups in total. The summed E-state index contributed by atoms with van der Waals surface area (Å²) in [5, 5.41) is 9.41. The molecule has 0 aliphatic rings. The van der Waals surface area contributed by atoms with Crippen molar-refractivity contribution >= 4 is 11.7 Å². The number of para-hydroxylation sites is 1. The Morgan fingerprint density at radius 3 is 2.50 bits per heavy atom. The molecule has 1 aromatic carbocycles. The molecule has 0 saturated heterocycles. The van der Waals surface area contributed by atoms with Crippen molar-refractivity contribution in [2.75, 3.05) is 5.32 Å². The fourth-order valence-electron chi connectivity index (χ4n) is 1.11. The van der Waals surface area contributed by atoms with Crippen molar-refractivity contribution in [3.8, 4) is 0 Å². The van der Waals surface area contributed by atoms with Gasteiger partial charge in [0, 0.05) is 0 Å². The summed E-state index contributed by atoms with van der Waals surface area (Å²) in [6.07, 6.45) is 0. The van der Waals surface area contributed by atoms with E-state index in [9.17, 15) is 8.78 Å². The largest absolute Gasteiger partial charge is 0.406 e. The maximum atomic E-state index is 13.2. The van der Waals surface area contributed by atoms with Crippen LogP contribution in [0, 0.1) is 11.6 Å². The lowest BCUT2D eigenvalue weighted by molar-refractivity contribution is 0.508. The summed E-state index contributed by atoms with van der Waals surface area (Å²) in [5.41, 5.74) is 4.91. The third kappa shape index (κ3) is 1.98. The van der Waals surface area contributed by atoms with Gasteiger partial charge in [-0.3, -0.25) is 0 Å². The minimum atomic E-state index is -0.743. The summed E-state index contributed by atoms with van der Waals surface area (Å²) >= 11 is 0.